The fourth-order valence-corrected chi connectivity index (χ4v) is 2.52. The van der Waals surface area contributed by atoms with Gasteiger partial charge in [0, 0.05) is 59.1 Å². The predicted octanol–water partition coefficient (Wildman–Crippen LogP) is 0.399. The zero-order valence-electron chi connectivity index (χ0n) is 14.6. The molecule has 1 aliphatic heterocycles. The number of aromatic nitrogens is 1. The Labute approximate surface area is 162 Å². The zero-order chi connectivity index (χ0) is 16.3. The average molecular weight is 394 g/mol. The summed E-state index contributed by atoms with van der Waals surface area (Å²) < 4.78 is 4.95. The molecule has 25 heavy (non-hydrogen) atoms. The molecule has 0 radical (unpaired) electrons. The number of ether oxygens (including phenoxy) is 1. The van der Waals surface area contributed by atoms with Crippen molar-refractivity contribution >= 4 is 36.5 Å². The number of hydrogen-bond donors (Lipinski definition) is 2. The van der Waals surface area contributed by atoms with Gasteiger partial charge in [-0.1, -0.05) is 6.07 Å². The molecule has 1 aliphatic rings. The minimum atomic E-state index is 0. The van der Waals surface area contributed by atoms with Gasteiger partial charge in [0.15, 0.2) is 0 Å². The molecule has 1 aromatic rings. The minimum Gasteiger partial charge on any atom is -0.383 e. The predicted molar refractivity (Wildman–Crippen MR) is 105 cm³/mol. The van der Waals surface area contributed by atoms with E-state index in [-0.39, 0.29) is 30.7 Å². The molecule has 2 N–H and O–H groups in total. The average Bonchev–Trinajstić information content (AvgIpc) is 2.59. The normalized spacial score (nSPS) is 14.4. The molecule has 1 amide bonds. The number of nitrogens with one attached hydrogen (secondary N) is 2. The van der Waals surface area contributed by atoms with Crippen LogP contribution in [0.3, 0.4) is 0 Å². The highest BCUT2D eigenvalue weighted by Crippen LogP contribution is 2.11. The van der Waals surface area contributed by atoms with Gasteiger partial charge in [0.25, 0.3) is 0 Å². The summed E-state index contributed by atoms with van der Waals surface area (Å²) in [7, 11) is 1.68. The van der Waals surface area contributed by atoms with Gasteiger partial charge in [-0.25, -0.2) is 4.98 Å². The summed E-state index contributed by atoms with van der Waals surface area (Å²) in [6, 6.07) is 5.95. The van der Waals surface area contributed by atoms with Gasteiger partial charge in [-0.2, -0.15) is 0 Å². The first kappa shape index (κ1) is 23.9. The Balaban J connectivity index is 0.00000288. The lowest BCUT2D eigenvalue weighted by Crippen LogP contribution is -2.50. The first-order chi connectivity index (χ1) is 11.3. The van der Waals surface area contributed by atoms with Gasteiger partial charge in [-0.05, 0) is 12.1 Å². The summed E-state index contributed by atoms with van der Waals surface area (Å²) in [5.74, 6) is 1.10. The molecule has 2 heterocycles. The van der Waals surface area contributed by atoms with Crippen LogP contribution < -0.4 is 15.5 Å². The second-order valence-electron chi connectivity index (χ2n) is 5.54. The van der Waals surface area contributed by atoms with Gasteiger partial charge in [-0.3, -0.25) is 9.69 Å². The van der Waals surface area contributed by atoms with Gasteiger partial charge < -0.3 is 20.3 Å². The van der Waals surface area contributed by atoms with E-state index in [1.165, 1.54) is 0 Å². The Kier molecular flexibility index (Phi) is 13.5. The first-order valence-corrected chi connectivity index (χ1v) is 8.14. The summed E-state index contributed by atoms with van der Waals surface area (Å²) in [5, 5.41) is 6.14. The smallest absolute Gasteiger partial charge is 0.234 e. The van der Waals surface area contributed by atoms with Crippen molar-refractivity contribution in [1.82, 2.24) is 20.5 Å². The van der Waals surface area contributed by atoms with E-state index in [1.54, 1.807) is 7.11 Å². The largest absolute Gasteiger partial charge is 0.383 e. The van der Waals surface area contributed by atoms with Crippen molar-refractivity contribution in [3.8, 4) is 0 Å². The summed E-state index contributed by atoms with van der Waals surface area (Å²) >= 11 is 0. The standard InChI is InChI=1S/C16H27N5O2.2ClH/c1-23-13-8-17-6-7-19-16(22)14-20-9-11-21(12-10-20)15-4-2-3-5-18-15;;/h2-5,17H,6-14H2,1H3,(H,19,22);2*1H. The molecule has 7 nitrogen and oxygen atoms in total. The van der Waals surface area contributed by atoms with E-state index >= 15 is 0 Å². The Bertz CT molecular complexity index is 459. The molecule has 1 saturated heterocycles. The van der Waals surface area contributed by atoms with Crippen molar-refractivity contribution in [1.29, 1.82) is 0 Å². The quantitative estimate of drug-likeness (QED) is 0.591. The first-order valence-electron chi connectivity index (χ1n) is 8.14. The van der Waals surface area contributed by atoms with Crippen LogP contribution in [-0.4, -0.2) is 81.9 Å². The van der Waals surface area contributed by atoms with Gasteiger partial charge in [0.2, 0.25) is 5.91 Å². The third-order valence-corrected chi connectivity index (χ3v) is 3.82. The van der Waals surface area contributed by atoms with E-state index in [4.69, 9.17) is 4.74 Å². The Morgan fingerprint density at radius 3 is 2.56 bits per heavy atom. The van der Waals surface area contributed by atoms with Crippen molar-refractivity contribution in [3.05, 3.63) is 24.4 Å². The zero-order valence-corrected chi connectivity index (χ0v) is 16.3. The lowest BCUT2D eigenvalue weighted by molar-refractivity contribution is -0.122. The number of anilines is 1. The van der Waals surface area contributed by atoms with Crippen molar-refractivity contribution in [3.63, 3.8) is 0 Å². The topological polar surface area (TPSA) is 69.7 Å². The number of methoxy groups -OCH3 is 1. The Morgan fingerprint density at radius 2 is 1.92 bits per heavy atom. The molecule has 1 fully saturated rings. The molecule has 9 heteroatoms. The van der Waals surface area contributed by atoms with Gasteiger partial charge >= 0.3 is 0 Å². The second kappa shape index (κ2) is 14.1. The molecular weight excluding hydrogens is 365 g/mol. The van der Waals surface area contributed by atoms with Crippen LogP contribution in [0.25, 0.3) is 0 Å². The van der Waals surface area contributed by atoms with Crippen LogP contribution in [0.5, 0.6) is 0 Å². The maximum atomic E-state index is 11.9. The van der Waals surface area contributed by atoms with Crippen LogP contribution in [0.2, 0.25) is 0 Å². The van der Waals surface area contributed by atoms with Gasteiger partial charge in [0.1, 0.15) is 5.82 Å². The fraction of sp³-hybridized carbons (Fsp3) is 0.625. The van der Waals surface area contributed by atoms with Crippen LogP contribution >= 0.6 is 24.8 Å². The fourth-order valence-electron chi connectivity index (χ4n) is 2.52. The molecule has 1 aromatic heterocycles. The van der Waals surface area contributed by atoms with E-state index in [9.17, 15) is 4.79 Å². The van der Waals surface area contributed by atoms with E-state index < -0.39 is 0 Å². The highest BCUT2D eigenvalue weighted by molar-refractivity contribution is 5.85. The molecule has 0 aromatic carbocycles. The number of amides is 1. The van der Waals surface area contributed by atoms with Crippen LogP contribution in [0.4, 0.5) is 5.82 Å². The lowest BCUT2D eigenvalue weighted by Gasteiger charge is -2.34. The van der Waals surface area contributed by atoms with Crippen LogP contribution in [0.1, 0.15) is 0 Å². The van der Waals surface area contributed by atoms with Crippen LogP contribution in [-0.2, 0) is 9.53 Å². The molecule has 0 bridgehead atoms. The third-order valence-electron chi connectivity index (χ3n) is 3.82. The number of carbonyl (C=O) groups excluding carboxylic acids is 1. The number of piperazine rings is 1. The molecule has 0 saturated carbocycles. The van der Waals surface area contributed by atoms with Crippen LogP contribution in [0.15, 0.2) is 24.4 Å². The molecule has 0 aliphatic carbocycles. The minimum absolute atomic E-state index is 0. The molecule has 0 atom stereocenters. The van der Waals surface area contributed by atoms with Gasteiger partial charge in [-0.15, -0.1) is 24.8 Å². The van der Waals surface area contributed by atoms with Crippen molar-refractivity contribution in [2.24, 2.45) is 0 Å². The summed E-state index contributed by atoms with van der Waals surface area (Å²) in [5.41, 5.74) is 0. The number of nitrogens with zero attached hydrogens (tertiary/aromatic N) is 3. The van der Waals surface area contributed by atoms with Gasteiger partial charge in [0.05, 0.1) is 13.2 Å². The third kappa shape index (κ3) is 9.23. The number of hydrogen-bond acceptors (Lipinski definition) is 6. The van der Waals surface area contributed by atoms with E-state index in [2.05, 4.69) is 25.4 Å². The molecule has 2 rings (SSSR count). The van der Waals surface area contributed by atoms with E-state index in [1.807, 2.05) is 24.4 Å². The highest BCUT2D eigenvalue weighted by atomic mass is 35.5. The molecule has 144 valence electrons. The SMILES string of the molecule is COCCNCCNC(=O)CN1CCN(c2ccccn2)CC1.Cl.Cl. The molecule has 0 spiro atoms. The van der Waals surface area contributed by atoms with E-state index in [0.29, 0.717) is 19.7 Å². The maximum Gasteiger partial charge on any atom is 0.234 e. The monoisotopic (exact) mass is 393 g/mol. The van der Waals surface area contributed by atoms with Crippen molar-refractivity contribution in [2.75, 3.05) is 71.0 Å². The number of pyridine rings is 1. The van der Waals surface area contributed by atoms with Crippen molar-refractivity contribution < 1.29 is 9.53 Å². The second-order valence-corrected chi connectivity index (χ2v) is 5.54. The lowest BCUT2D eigenvalue weighted by atomic mass is 10.3. The van der Waals surface area contributed by atoms with Crippen LogP contribution in [0, 0.1) is 0 Å². The maximum absolute atomic E-state index is 11.9. The Hall–Kier alpha value is -1.12. The summed E-state index contributed by atoms with van der Waals surface area (Å²) in [6.45, 7) is 6.96. The number of halogens is 2. The molecular formula is C16H29Cl2N5O2. The molecule has 0 unspecified atom stereocenters. The Morgan fingerprint density at radius 1 is 1.16 bits per heavy atom. The van der Waals surface area contributed by atoms with E-state index in [0.717, 1.165) is 45.1 Å². The van der Waals surface area contributed by atoms with Crippen molar-refractivity contribution in [2.45, 2.75) is 0 Å². The number of rotatable bonds is 9. The summed E-state index contributed by atoms with van der Waals surface area (Å²) in [4.78, 5) is 20.7. The highest BCUT2D eigenvalue weighted by Gasteiger charge is 2.19. The number of carbonyl (C=O) groups is 1. The summed E-state index contributed by atoms with van der Waals surface area (Å²) in [6.07, 6.45) is 1.82.